The van der Waals surface area contributed by atoms with Gasteiger partial charge in [0.1, 0.15) is 5.69 Å². The first-order valence-electron chi connectivity index (χ1n) is 6.54. The van der Waals surface area contributed by atoms with Crippen LogP contribution < -0.4 is 0 Å². The predicted molar refractivity (Wildman–Crippen MR) is 78.0 cm³/mol. The van der Waals surface area contributed by atoms with Crippen LogP contribution in [0, 0.1) is 0 Å². The molecule has 0 aliphatic carbocycles. The summed E-state index contributed by atoms with van der Waals surface area (Å²) in [5.74, 6) is 0. The number of rotatable bonds is 4. The van der Waals surface area contributed by atoms with Crippen LogP contribution >= 0.6 is 0 Å². The van der Waals surface area contributed by atoms with Gasteiger partial charge in [0.25, 0.3) is 0 Å². The summed E-state index contributed by atoms with van der Waals surface area (Å²) < 4.78 is 1.82. The molecule has 100 valence electrons. The lowest BCUT2D eigenvalue weighted by molar-refractivity contribution is 0.270. The number of nitrogens with zero attached hydrogens (tertiary/aromatic N) is 3. The van der Waals surface area contributed by atoms with Gasteiger partial charge in [-0.15, -0.1) is 0 Å². The molecule has 0 bridgehead atoms. The molecule has 1 N–H and O–H groups in total. The Kier molecular flexibility index (Phi) is 3.56. The van der Waals surface area contributed by atoms with Gasteiger partial charge in [-0.1, -0.05) is 36.4 Å². The maximum absolute atomic E-state index is 9.19. The van der Waals surface area contributed by atoms with Crippen molar-refractivity contribution in [3.8, 4) is 22.6 Å². The minimum absolute atomic E-state index is 0.0587. The van der Waals surface area contributed by atoms with Crippen molar-refractivity contribution in [3.63, 3.8) is 0 Å². The zero-order valence-corrected chi connectivity index (χ0v) is 11.0. The summed E-state index contributed by atoms with van der Waals surface area (Å²) in [5, 5.41) is 13.7. The van der Waals surface area contributed by atoms with E-state index < -0.39 is 0 Å². The summed E-state index contributed by atoms with van der Waals surface area (Å²) in [7, 11) is 0. The van der Waals surface area contributed by atoms with Crippen LogP contribution in [0.5, 0.6) is 0 Å². The van der Waals surface area contributed by atoms with Gasteiger partial charge >= 0.3 is 0 Å². The SMILES string of the molecule is OCCn1nc(-c2ccccn2)cc1-c1ccccc1. The topological polar surface area (TPSA) is 50.9 Å². The van der Waals surface area contributed by atoms with Crippen molar-refractivity contribution in [3.05, 3.63) is 60.8 Å². The smallest absolute Gasteiger partial charge is 0.111 e. The Balaban J connectivity index is 2.08. The number of hydrogen-bond donors (Lipinski definition) is 1. The van der Waals surface area contributed by atoms with Gasteiger partial charge in [0, 0.05) is 6.20 Å². The van der Waals surface area contributed by atoms with Crippen LogP contribution in [-0.2, 0) is 6.54 Å². The van der Waals surface area contributed by atoms with Gasteiger partial charge in [0.15, 0.2) is 0 Å². The fourth-order valence-corrected chi connectivity index (χ4v) is 2.16. The zero-order valence-electron chi connectivity index (χ0n) is 11.0. The summed E-state index contributed by atoms with van der Waals surface area (Å²) in [4.78, 5) is 4.32. The molecular weight excluding hydrogens is 250 g/mol. The summed E-state index contributed by atoms with van der Waals surface area (Å²) in [6.45, 7) is 0.528. The summed E-state index contributed by atoms with van der Waals surface area (Å²) in [6.07, 6.45) is 1.75. The molecule has 0 aliphatic heterocycles. The van der Waals surface area contributed by atoms with Crippen LogP contribution in [0.2, 0.25) is 0 Å². The fraction of sp³-hybridized carbons (Fsp3) is 0.125. The highest BCUT2D eigenvalue weighted by Crippen LogP contribution is 2.24. The van der Waals surface area contributed by atoms with Crippen molar-refractivity contribution >= 4 is 0 Å². The number of aliphatic hydroxyl groups is 1. The predicted octanol–water partition coefficient (Wildman–Crippen LogP) is 2.60. The van der Waals surface area contributed by atoms with Gasteiger partial charge < -0.3 is 5.11 Å². The van der Waals surface area contributed by atoms with E-state index in [0.717, 1.165) is 22.6 Å². The Bertz CT molecular complexity index is 677. The second-order valence-corrected chi connectivity index (χ2v) is 4.44. The first-order chi connectivity index (χ1) is 9.88. The molecule has 3 aromatic rings. The normalized spacial score (nSPS) is 10.7. The molecule has 0 unspecified atom stereocenters. The molecule has 0 aliphatic rings. The molecule has 0 spiro atoms. The molecule has 4 heteroatoms. The average Bonchev–Trinajstić information content (AvgIpc) is 2.94. The van der Waals surface area contributed by atoms with Crippen molar-refractivity contribution in [1.29, 1.82) is 0 Å². The molecule has 0 fully saturated rings. The number of aliphatic hydroxyl groups excluding tert-OH is 1. The Morgan fingerprint density at radius 3 is 2.45 bits per heavy atom. The molecule has 2 aromatic heterocycles. The lowest BCUT2D eigenvalue weighted by atomic mass is 10.1. The molecular formula is C16H15N3O. The number of pyridine rings is 1. The van der Waals surface area contributed by atoms with E-state index in [9.17, 15) is 5.11 Å². The van der Waals surface area contributed by atoms with E-state index in [2.05, 4.69) is 10.1 Å². The largest absolute Gasteiger partial charge is 0.394 e. The van der Waals surface area contributed by atoms with Gasteiger partial charge in [0.05, 0.1) is 24.5 Å². The van der Waals surface area contributed by atoms with Crippen molar-refractivity contribution in [2.24, 2.45) is 0 Å². The van der Waals surface area contributed by atoms with Gasteiger partial charge in [-0.2, -0.15) is 5.10 Å². The van der Waals surface area contributed by atoms with Crippen LogP contribution in [0.25, 0.3) is 22.6 Å². The second kappa shape index (κ2) is 5.67. The second-order valence-electron chi connectivity index (χ2n) is 4.44. The molecule has 3 rings (SSSR count). The van der Waals surface area contributed by atoms with E-state index in [-0.39, 0.29) is 6.61 Å². The van der Waals surface area contributed by atoms with Crippen molar-refractivity contribution in [2.45, 2.75) is 6.54 Å². The number of aromatic nitrogens is 3. The molecule has 0 saturated heterocycles. The first-order valence-corrected chi connectivity index (χ1v) is 6.54. The van der Waals surface area contributed by atoms with Crippen LogP contribution in [0.4, 0.5) is 0 Å². The fourth-order valence-electron chi connectivity index (χ4n) is 2.16. The average molecular weight is 265 g/mol. The lowest BCUT2D eigenvalue weighted by Gasteiger charge is -2.04. The van der Waals surface area contributed by atoms with Gasteiger partial charge in [-0.25, -0.2) is 0 Å². The highest BCUT2D eigenvalue weighted by atomic mass is 16.3. The van der Waals surface area contributed by atoms with Crippen molar-refractivity contribution in [2.75, 3.05) is 6.61 Å². The van der Waals surface area contributed by atoms with Crippen LogP contribution in [0.1, 0.15) is 0 Å². The highest BCUT2D eigenvalue weighted by Gasteiger charge is 2.11. The van der Waals surface area contributed by atoms with Gasteiger partial charge in [0.2, 0.25) is 0 Å². The van der Waals surface area contributed by atoms with Crippen molar-refractivity contribution in [1.82, 2.24) is 14.8 Å². The van der Waals surface area contributed by atoms with E-state index in [1.54, 1.807) is 6.20 Å². The van der Waals surface area contributed by atoms with Crippen molar-refractivity contribution < 1.29 is 5.11 Å². The number of benzene rings is 1. The van der Waals surface area contributed by atoms with Crippen LogP contribution in [-0.4, -0.2) is 26.5 Å². The molecule has 0 amide bonds. The number of hydrogen-bond acceptors (Lipinski definition) is 3. The zero-order chi connectivity index (χ0) is 13.8. The quantitative estimate of drug-likeness (QED) is 0.789. The standard InChI is InChI=1S/C16H15N3O/c20-11-10-19-16(13-6-2-1-3-7-13)12-15(18-19)14-8-4-5-9-17-14/h1-9,12,20H,10-11H2. The molecule has 20 heavy (non-hydrogen) atoms. The van der Waals surface area contributed by atoms with E-state index in [1.807, 2.05) is 59.3 Å². The van der Waals surface area contributed by atoms with E-state index in [0.29, 0.717) is 6.54 Å². The molecule has 0 saturated carbocycles. The molecule has 0 atom stereocenters. The van der Waals surface area contributed by atoms with Crippen LogP contribution in [0.15, 0.2) is 60.8 Å². The summed E-state index contributed by atoms with van der Waals surface area (Å²) in [6, 6.07) is 17.8. The van der Waals surface area contributed by atoms with E-state index in [4.69, 9.17) is 0 Å². The molecule has 4 nitrogen and oxygen atoms in total. The van der Waals surface area contributed by atoms with E-state index >= 15 is 0 Å². The summed E-state index contributed by atoms with van der Waals surface area (Å²) >= 11 is 0. The molecule has 1 aromatic carbocycles. The molecule has 2 heterocycles. The Morgan fingerprint density at radius 1 is 0.950 bits per heavy atom. The third kappa shape index (κ3) is 2.46. The third-order valence-electron chi connectivity index (χ3n) is 3.09. The lowest BCUT2D eigenvalue weighted by Crippen LogP contribution is -2.05. The van der Waals surface area contributed by atoms with Gasteiger partial charge in [-0.05, 0) is 23.8 Å². The van der Waals surface area contributed by atoms with E-state index in [1.165, 1.54) is 0 Å². The Labute approximate surface area is 117 Å². The Morgan fingerprint density at radius 2 is 1.75 bits per heavy atom. The monoisotopic (exact) mass is 265 g/mol. The summed E-state index contributed by atoms with van der Waals surface area (Å²) in [5.41, 5.74) is 3.72. The maximum Gasteiger partial charge on any atom is 0.111 e. The highest BCUT2D eigenvalue weighted by molar-refractivity contribution is 5.66. The maximum atomic E-state index is 9.19. The van der Waals surface area contributed by atoms with Gasteiger partial charge in [-0.3, -0.25) is 9.67 Å². The minimum Gasteiger partial charge on any atom is -0.394 e. The third-order valence-corrected chi connectivity index (χ3v) is 3.09. The first kappa shape index (κ1) is 12.6. The molecule has 0 radical (unpaired) electrons. The Hall–Kier alpha value is -2.46. The minimum atomic E-state index is 0.0587. The van der Waals surface area contributed by atoms with Crippen LogP contribution in [0.3, 0.4) is 0 Å².